The van der Waals surface area contributed by atoms with Crippen LogP contribution < -0.4 is 10.5 Å². The predicted octanol–water partition coefficient (Wildman–Crippen LogP) is 3.11. The maximum absolute atomic E-state index is 13.4. The number of nitriles is 1. The van der Waals surface area contributed by atoms with E-state index in [1.165, 1.54) is 0 Å². The first-order valence-corrected chi connectivity index (χ1v) is 6.39. The quantitative estimate of drug-likeness (QED) is 0.919. The molecule has 2 rings (SSSR count). The number of hydrogen-bond acceptors (Lipinski definition) is 3. The minimum Gasteiger partial charge on any atom is -0.490 e. The summed E-state index contributed by atoms with van der Waals surface area (Å²) in [6.45, 7) is -0.000667. The van der Waals surface area contributed by atoms with E-state index in [2.05, 4.69) is 0 Å². The Morgan fingerprint density at radius 3 is 2.52 bits per heavy atom. The van der Waals surface area contributed by atoms with Gasteiger partial charge < -0.3 is 10.5 Å². The summed E-state index contributed by atoms with van der Waals surface area (Å²) in [7, 11) is 0. The van der Waals surface area contributed by atoms with Crippen molar-refractivity contribution >= 4 is 0 Å². The number of halogens is 2. The Morgan fingerprint density at radius 1 is 1.14 bits per heavy atom. The van der Waals surface area contributed by atoms with Gasteiger partial charge in [-0.2, -0.15) is 5.26 Å². The van der Waals surface area contributed by atoms with Gasteiger partial charge in [0, 0.05) is 12.5 Å². The first-order chi connectivity index (χ1) is 10.0. The monoisotopic (exact) mass is 288 g/mol. The summed E-state index contributed by atoms with van der Waals surface area (Å²) in [6.07, 6.45) is 0.156. The third kappa shape index (κ3) is 3.56. The number of nitrogens with two attached hydrogens (primary N) is 1. The molecule has 0 amide bonds. The highest BCUT2D eigenvalue weighted by molar-refractivity contribution is 5.30. The summed E-state index contributed by atoms with van der Waals surface area (Å²) in [4.78, 5) is 0. The molecule has 3 nitrogen and oxygen atoms in total. The van der Waals surface area contributed by atoms with E-state index in [1.807, 2.05) is 12.1 Å². The van der Waals surface area contributed by atoms with Gasteiger partial charge in [-0.3, -0.25) is 0 Å². The molecule has 0 aliphatic rings. The molecule has 0 bridgehead atoms. The maximum Gasteiger partial charge on any atom is 0.165 e. The molecular formula is C16H14F2N2O. The highest BCUT2D eigenvalue weighted by atomic mass is 19.1. The zero-order valence-electron chi connectivity index (χ0n) is 11.2. The van der Waals surface area contributed by atoms with Gasteiger partial charge in [0.15, 0.2) is 11.6 Å². The Bertz CT molecular complexity index is 655. The average Bonchev–Trinajstić information content (AvgIpc) is 2.51. The van der Waals surface area contributed by atoms with Gasteiger partial charge in [-0.15, -0.1) is 0 Å². The van der Waals surface area contributed by atoms with Gasteiger partial charge in [-0.05, 0) is 17.7 Å². The van der Waals surface area contributed by atoms with Crippen LogP contribution in [0.5, 0.6) is 5.75 Å². The minimum atomic E-state index is -1.23. The van der Waals surface area contributed by atoms with E-state index in [4.69, 9.17) is 10.5 Å². The maximum atomic E-state index is 13.4. The van der Waals surface area contributed by atoms with Crippen LogP contribution in [0.4, 0.5) is 8.78 Å². The van der Waals surface area contributed by atoms with Crippen molar-refractivity contribution in [2.24, 2.45) is 5.73 Å². The molecule has 0 spiro atoms. The SMILES string of the molecule is N#CC(N)(CCOc1cc(F)ccc1F)c1ccccc1. The molecule has 0 heterocycles. The molecule has 0 aromatic heterocycles. The fraction of sp³-hybridized carbons (Fsp3) is 0.188. The third-order valence-electron chi connectivity index (χ3n) is 3.14. The smallest absolute Gasteiger partial charge is 0.165 e. The summed E-state index contributed by atoms with van der Waals surface area (Å²) < 4.78 is 31.6. The molecular weight excluding hydrogens is 274 g/mol. The van der Waals surface area contributed by atoms with E-state index >= 15 is 0 Å². The molecule has 0 radical (unpaired) electrons. The molecule has 2 aromatic carbocycles. The van der Waals surface area contributed by atoms with E-state index in [1.54, 1.807) is 24.3 Å². The Balaban J connectivity index is 2.05. The Hall–Kier alpha value is -2.45. The summed E-state index contributed by atoms with van der Waals surface area (Å²) in [6, 6.07) is 13.9. The van der Waals surface area contributed by atoms with Gasteiger partial charge in [0.25, 0.3) is 0 Å². The lowest BCUT2D eigenvalue weighted by molar-refractivity contribution is 0.268. The van der Waals surface area contributed by atoms with Crippen molar-refractivity contribution < 1.29 is 13.5 Å². The topological polar surface area (TPSA) is 59.0 Å². The highest BCUT2D eigenvalue weighted by Gasteiger charge is 2.27. The van der Waals surface area contributed by atoms with Gasteiger partial charge >= 0.3 is 0 Å². The van der Waals surface area contributed by atoms with E-state index in [0.717, 1.165) is 18.2 Å². The third-order valence-corrected chi connectivity index (χ3v) is 3.14. The number of nitrogens with zero attached hydrogens (tertiary/aromatic N) is 1. The van der Waals surface area contributed by atoms with Gasteiger partial charge in [0.2, 0.25) is 0 Å². The van der Waals surface area contributed by atoms with Crippen molar-refractivity contribution in [3.05, 3.63) is 65.7 Å². The van der Waals surface area contributed by atoms with Crippen LogP contribution in [0.2, 0.25) is 0 Å². The summed E-state index contributed by atoms with van der Waals surface area (Å²) in [5.41, 5.74) is 5.46. The number of rotatable bonds is 5. The second-order valence-corrected chi connectivity index (χ2v) is 4.62. The molecule has 21 heavy (non-hydrogen) atoms. The fourth-order valence-corrected chi connectivity index (χ4v) is 1.91. The molecule has 1 unspecified atom stereocenters. The fourth-order valence-electron chi connectivity index (χ4n) is 1.91. The molecule has 2 aromatic rings. The van der Waals surface area contributed by atoms with Gasteiger partial charge in [0.1, 0.15) is 11.4 Å². The van der Waals surface area contributed by atoms with Crippen molar-refractivity contribution in [1.29, 1.82) is 5.26 Å². The van der Waals surface area contributed by atoms with Gasteiger partial charge in [-0.1, -0.05) is 30.3 Å². The van der Waals surface area contributed by atoms with E-state index in [9.17, 15) is 14.0 Å². The average molecular weight is 288 g/mol. The second kappa shape index (κ2) is 6.33. The van der Waals surface area contributed by atoms with Gasteiger partial charge in [-0.25, -0.2) is 8.78 Å². The van der Waals surface area contributed by atoms with Crippen LogP contribution in [0, 0.1) is 23.0 Å². The van der Waals surface area contributed by atoms with Crippen LogP contribution in [-0.4, -0.2) is 6.61 Å². The van der Waals surface area contributed by atoms with Crippen molar-refractivity contribution in [3.8, 4) is 11.8 Å². The molecule has 0 saturated carbocycles. The molecule has 108 valence electrons. The number of benzene rings is 2. The van der Waals surface area contributed by atoms with E-state index in [0.29, 0.717) is 5.56 Å². The largest absolute Gasteiger partial charge is 0.490 e. The van der Waals surface area contributed by atoms with Crippen LogP contribution in [0.1, 0.15) is 12.0 Å². The predicted molar refractivity (Wildman–Crippen MR) is 74.4 cm³/mol. The summed E-state index contributed by atoms with van der Waals surface area (Å²) in [5.74, 6) is -1.44. The zero-order chi connectivity index (χ0) is 15.3. The zero-order valence-corrected chi connectivity index (χ0v) is 11.2. The van der Waals surface area contributed by atoms with Gasteiger partial charge in [0.05, 0.1) is 12.7 Å². The highest BCUT2D eigenvalue weighted by Crippen LogP contribution is 2.23. The molecule has 0 saturated heterocycles. The van der Waals surface area contributed by atoms with Crippen molar-refractivity contribution in [3.63, 3.8) is 0 Å². The lowest BCUT2D eigenvalue weighted by Gasteiger charge is -2.22. The van der Waals surface area contributed by atoms with Crippen molar-refractivity contribution in [2.75, 3.05) is 6.61 Å². The second-order valence-electron chi connectivity index (χ2n) is 4.62. The van der Waals surface area contributed by atoms with Crippen LogP contribution in [-0.2, 0) is 5.54 Å². The van der Waals surface area contributed by atoms with Crippen LogP contribution in [0.3, 0.4) is 0 Å². The van der Waals surface area contributed by atoms with E-state index < -0.39 is 17.2 Å². The lowest BCUT2D eigenvalue weighted by Crippen LogP contribution is -2.36. The minimum absolute atomic E-state index is 0.000667. The number of ether oxygens (including phenoxy) is 1. The molecule has 0 aliphatic heterocycles. The first kappa shape index (κ1) is 14.9. The normalized spacial score (nSPS) is 13.2. The standard InChI is InChI=1S/C16H14F2N2O/c17-13-6-7-14(18)15(10-13)21-9-8-16(20,11-19)12-4-2-1-3-5-12/h1-7,10H,8-9,20H2. The van der Waals surface area contributed by atoms with E-state index in [-0.39, 0.29) is 18.8 Å². The Labute approximate surface area is 121 Å². The summed E-state index contributed by atoms with van der Waals surface area (Å²) >= 11 is 0. The van der Waals surface area contributed by atoms with Crippen molar-refractivity contribution in [1.82, 2.24) is 0 Å². The lowest BCUT2D eigenvalue weighted by atomic mass is 9.89. The molecule has 1 atom stereocenters. The molecule has 0 aliphatic carbocycles. The van der Waals surface area contributed by atoms with Crippen LogP contribution >= 0.6 is 0 Å². The molecule has 0 fully saturated rings. The van der Waals surface area contributed by atoms with Crippen LogP contribution in [0.25, 0.3) is 0 Å². The van der Waals surface area contributed by atoms with Crippen LogP contribution in [0.15, 0.2) is 48.5 Å². The number of hydrogen-bond donors (Lipinski definition) is 1. The molecule has 2 N–H and O–H groups in total. The Kier molecular flexibility index (Phi) is 4.51. The van der Waals surface area contributed by atoms with Crippen molar-refractivity contribution in [2.45, 2.75) is 12.0 Å². The molecule has 5 heteroatoms. The Morgan fingerprint density at radius 2 is 1.86 bits per heavy atom. The first-order valence-electron chi connectivity index (χ1n) is 6.39. The summed E-state index contributed by atoms with van der Waals surface area (Å²) in [5, 5.41) is 9.27.